The Bertz CT molecular complexity index is 292. The number of rotatable bonds is 2. The lowest BCUT2D eigenvalue weighted by Gasteiger charge is -2.22. The highest BCUT2D eigenvalue weighted by molar-refractivity contribution is 9.10. The van der Waals surface area contributed by atoms with Crippen LogP contribution in [0.1, 0.15) is 18.4 Å². The van der Waals surface area contributed by atoms with E-state index in [1.54, 1.807) is 0 Å². The van der Waals surface area contributed by atoms with Crippen molar-refractivity contribution in [3.05, 3.63) is 34.3 Å². The van der Waals surface area contributed by atoms with Crippen LogP contribution < -0.4 is 5.32 Å². The van der Waals surface area contributed by atoms with E-state index < -0.39 is 0 Å². The van der Waals surface area contributed by atoms with Gasteiger partial charge in [0.2, 0.25) is 0 Å². The minimum Gasteiger partial charge on any atom is -0.316 e. The van der Waals surface area contributed by atoms with E-state index in [1.165, 1.54) is 42.4 Å². The highest BCUT2D eigenvalue weighted by Gasteiger charge is 2.13. The van der Waals surface area contributed by atoms with Crippen molar-refractivity contribution in [3.63, 3.8) is 0 Å². The molecule has 1 heterocycles. The number of hydrogen-bond donors (Lipinski definition) is 1. The van der Waals surface area contributed by atoms with Crippen LogP contribution in [0.15, 0.2) is 28.7 Å². The van der Waals surface area contributed by atoms with Crippen LogP contribution in [0.2, 0.25) is 0 Å². The zero-order valence-electron chi connectivity index (χ0n) is 8.30. The molecule has 76 valence electrons. The molecule has 14 heavy (non-hydrogen) atoms. The summed E-state index contributed by atoms with van der Waals surface area (Å²) in [6.07, 6.45) is 3.92. The second kappa shape index (κ2) is 4.94. The molecule has 1 unspecified atom stereocenters. The molecule has 0 bridgehead atoms. The van der Waals surface area contributed by atoms with Crippen LogP contribution in [0.3, 0.4) is 0 Å². The third-order valence-corrected chi connectivity index (χ3v) is 3.31. The maximum atomic E-state index is 3.51. The molecule has 0 aliphatic carbocycles. The van der Waals surface area contributed by atoms with Crippen LogP contribution in [-0.2, 0) is 6.42 Å². The highest BCUT2D eigenvalue weighted by atomic mass is 79.9. The fraction of sp³-hybridized carbons (Fsp3) is 0.500. The minimum atomic E-state index is 0.832. The molecule has 1 aliphatic heterocycles. The van der Waals surface area contributed by atoms with E-state index in [1.807, 2.05) is 0 Å². The Morgan fingerprint density at radius 3 is 3.07 bits per heavy atom. The van der Waals surface area contributed by atoms with Crippen molar-refractivity contribution in [1.29, 1.82) is 0 Å². The Hall–Kier alpha value is -0.340. The Labute approximate surface area is 94.0 Å². The summed E-state index contributed by atoms with van der Waals surface area (Å²) in [7, 11) is 0. The lowest BCUT2D eigenvalue weighted by atomic mass is 9.92. The van der Waals surface area contributed by atoms with Gasteiger partial charge in [-0.3, -0.25) is 0 Å². The molecule has 0 aromatic heterocycles. The van der Waals surface area contributed by atoms with Gasteiger partial charge in [0, 0.05) is 4.47 Å². The molecule has 2 heteroatoms. The lowest BCUT2D eigenvalue weighted by molar-refractivity contribution is 0.376. The quantitative estimate of drug-likeness (QED) is 0.855. The average Bonchev–Trinajstić information content (AvgIpc) is 2.19. The molecule has 0 amide bonds. The number of halogens is 1. The summed E-state index contributed by atoms with van der Waals surface area (Å²) >= 11 is 3.51. The molecule has 0 saturated carbocycles. The molecular weight excluding hydrogens is 238 g/mol. The van der Waals surface area contributed by atoms with Crippen LogP contribution in [-0.4, -0.2) is 13.1 Å². The SMILES string of the molecule is Brc1cccc(CC2CCCNC2)c1. The second-order valence-corrected chi connectivity index (χ2v) is 4.96. The molecular formula is C12H16BrN. The van der Waals surface area contributed by atoms with Crippen LogP contribution in [0, 0.1) is 5.92 Å². The van der Waals surface area contributed by atoms with Crippen molar-refractivity contribution >= 4 is 15.9 Å². The zero-order valence-corrected chi connectivity index (χ0v) is 9.89. The second-order valence-electron chi connectivity index (χ2n) is 4.05. The molecule has 1 atom stereocenters. The lowest BCUT2D eigenvalue weighted by Crippen LogP contribution is -2.30. The monoisotopic (exact) mass is 253 g/mol. The first kappa shape index (κ1) is 10.2. The van der Waals surface area contributed by atoms with Crippen molar-refractivity contribution in [2.75, 3.05) is 13.1 Å². The van der Waals surface area contributed by atoms with Crippen molar-refractivity contribution in [3.8, 4) is 0 Å². The summed E-state index contributed by atoms with van der Waals surface area (Å²) in [5.41, 5.74) is 1.45. The van der Waals surface area contributed by atoms with E-state index >= 15 is 0 Å². The molecule has 1 aromatic rings. The van der Waals surface area contributed by atoms with Crippen LogP contribution >= 0.6 is 15.9 Å². The average molecular weight is 254 g/mol. The number of piperidine rings is 1. The van der Waals surface area contributed by atoms with Crippen molar-refractivity contribution in [1.82, 2.24) is 5.32 Å². The Morgan fingerprint density at radius 1 is 1.43 bits per heavy atom. The predicted octanol–water partition coefficient (Wildman–Crippen LogP) is 2.99. The minimum absolute atomic E-state index is 0.832. The summed E-state index contributed by atoms with van der Waals surface area (Å²) in [5, 5.41) is 3.46. The molecule has 0 spiro atoms. The first-order chi connectivity index (χ1) is 6.84. The standard InChI is InChI=1S/C12H16BrN/c13-12-5-1-3-10(8-12)7-11-4-2-6-14-9-11/h1,3,5,8,11,14H,2,4,6-7,9H2. The Morgan fingerprint density at radius 2 is 2.36 bits per heavy atom. The normalized spacial score (nSPS) is 22.2. The number of hydrogen-bond acceptors (Lipinski definition) is 1. The predicted molar refractivity (Wildman–Crippen MR) is 63.4 cm³/mol. The summed E-state index contributed by atoms with van der Waals surface area (Å²) in [6, 6.07) is 8.66. The fourth-order valence-electron chi connectivity index (χ4n) is 2.10. The van der Waals surface area contributed by atoms with Gasteiger partial charge in [0.05, 0.1) is 0 Å². The molecule has 1 aromatic carbocycles. The third-order valence-electron chi connectivity index (χ3n) is 2.81. The van der Waals surface area contributed by atoms with E-state index in [-0.39, 0.29) is 0 Å². The maximum Gasteiger partial charge on any atom is 0.0177 e. The topological polar surface area (TPSA) is 12.0 Å². The van der Waals surface area contributed by atoms with E-state index in [0.717, 1.165) is 5.92 Å². The first-order valence-electron chi connectivity index (χ1n) is 5.30. The number of nitrogens with one attached hydrogen (secondary N) is 1. The van der Waals surface area contributed by atoms with Crippen LogP contribution in [0.5, 0.6) is 0 Å². The van der Waals surface area contributed by atoms with E-state index in [4.69, 9.17) is 0 Å². The molecule has 1 N–H and O–H groups in total. The van der Waals surface area contributed by atoms with E-state index in [0.29, 0.717) is 0 Å². The fourth-order valence-corrected chi connectivity index (χ4v) is 2.54. The maximum absolute atomic E-state index is 3.51. The molecule has 2 rings (SSSR count). The van der Waals surface area contributed by atoms with Gasteiger partial charge >= 0.3 is 0 Å². The molecule has 1 nitrogen and oxygen atoms in total. The van der Waals surface area contributed by atoms with E-state index in [9.17, 15) is 0 Å². The smallest absolute Gasteiger partial charge is 0.0177 e. The van der Waals surface area contributed by atoms with Crippen molar-refractivity contribution in [2.24, 2.45) is 5.92 Å². The zero-order chi connectivity index (χ0) is 9.80. The molecule has 1 fully saturated rings. The van der Waals surface area contributed by atoms with Crippen LogP contribution in [0.25, 0.3) is 0 Å². The van der Waals surface area contributed by atoms with Gasteiger partial charge in [0.25, 0.3) is 0 Å². The summed E-state index contributed by atoms with van der Waals surface area (Å²) in [6.45, 7) is 2.39. The van der Waals surface area contributed by atoms with Gasteiger partial charge in [0.1, 0.15) is 0 Å². The summed E-state index contributed by atoms with van der Waals surface area (Å²) in [5.74, 6) is 0.832. The summed E-state index contributed by atoms with van der Waals surface area (Å²) in [4.78, 5) is 0. The van der Waals surface area contributed by atoms with Gasteiger partial charge in [-0.2, -0.15) is 0 Å². The Balaban J connectivity index is 1.95. The van der Waals surface area contributed by atoms with Crippen molar-refractivity contribution < 1.29 is 0 Å². The molecule has 0 radical (unpaired) electrons. The number of benzene rings is 1. The van der Waals surface area contributed by atoms with Crippen molar-refractivity contribution in [2.45, 2.75) is 19.3 Å². The largest absolute Gasteiger partial charge is 0.316 e. The van der Waals surface area contributed by atoms with Gasteiger partial charge in [-0.15, -0.1) is 0 Å². The summed E-state index contributed by atoms with van der Waals surface area (Å²) < 4.78 is 1.19. The van der Waals surface area contributed by atoms with Gasteiger partial charge in [0.15, 0.2) is 0 Å². The Kier molecular flexibility index (Phi) is 3.60. The van der Waals surface area contributed by atoms with E-state index in [2.05, 4.69) is 45.5 Å². The molecule has 1 saturated heterocycles. The van der Waals surface area contributed by atoms with Crippen LogP contribution in [0.4, 0.5) is 0 Å². The first-order valence-corrected chi connectivity index (χ1v) is 6.09. The third kappa shape index (κ3) is 2.82. The van der Waals surface area contributed by atoms with Gasteiger partial charge in [-0.05, 0) is 56.0 Å². The highest BCUT2D eigenvalue weighted by Crippen LogP contribution is 2.18. The van der Waals surface area contributed by atoms with Gasteiger partial charge < -0.3 is 5.32 Å². The van der Waals surface area contributed by atoms with Gasteiger partial charge in [-0.1, -0.05) is 28.1 Å². The molecule has 1 aliphatic rings. The van der Waals surface area contributed by atoms with Gasteiger partial charge in [-0.25, -0.2) is 0 Å².